The minimum absolute atomic E-state index is 0.0130. The van der Waals surface area contributed by atoms with Crippen molar-refractivity contribution in [1.82, 2.24) is 10.6 Å². The molecule has 2 amide bonds. The normalized spacial score (nSPS) is 26.0. The Morgan fingerprint density at radius 3 is 1.92 bits per heavy atom. The molecule has 0 aliphatic heterocycles. The molecule has 2 atom stereocenters. The average Bonchev–Trinajstić information content (AvgIpc) is 2.29. The first-order chi connectivity index (χ1) is 11.5. The Balaban J connectivity index is 2.70. The zero-order chi connectivity index (χ0) is 20.4. The largest absolute Gasteiger partial charge is 0.444 e. The molecule has 0 aromatic rings. The molecule has 152 valence electrons. The molecule has 0 unspecified atom stereocenters. The quantitative estimate of drug-likeness (QED) is 0.760. The third kappa shape index (κ3) is 8.77. The van der Waals surface area contributed by atoms with Crippen LogP contribution in [0.25, 0.3) is 0 Å². The highest BCUT2D eigenvalue weighted by atomic mass is 16.6. The van der Waals surface area contributed by atoms with Gasteiger partial charge in [0.1, 0.15) is 11.2 Å². The van der Waals surface area contributed by atoms with Gasteiger partial charge in [-0.1, -0.05) is 20.8 Å². The molecule has 2 N–H and O–H groups in total. The SMILES string of the molecule is CC1(C)C[C@@H](NC(=O)OC(C)(C)C)C[C@@](C)(CNC(=O)OC(C)(C)C)C1. The van der Waals surface area contributed by atoms with Crippen LogP contribution >= 0.6 is 0 Å². The van der Waals surface area contributed by atoms with E-state index in [-0.39, 0.29) is 23.0 Å². The molecule has 1 saturated carbocycles. The lowest BCUT2D eigenvalue weighted by Gasteiger charge is -2.46. The first-order valence-corrected chi connectivity index (χ1v) is 9.45. The van der Waals surface area contributed by atoms with Gasteiger partial charge < -0.3 is 20.1 Å². The number of ether oxygens (including phenoxy) is 2. The predicted molar refractivity (Wildman–Crippen MR) is 103 cm³/mol. The molecule has 6 nitrogen and oxygen atoms in total. The lowest BCUT2D eigenvalue weighted by Crippen LogP contribution is -2.51. The molecule has 6 heteroatoms. The van der Waals surface area contributed by atoms with Gasteiger partial charge in [-0.15, -0.1) is 0 Å². The summed E-state index contributed by atoms with van der Waals surface area (Å²) in [6, 6.07) is 0.0130. The van der Waals surface area contributed by atoms with E-state index in [4.69, 9.17) is 9.47 Å². The highest BCUT2D eigenvalue weighted by molar-refractivity contribution is 5.68. The monoisotopic (exact) mass is 370 g/mol. The molecular weight excluding hydrogens is 332 g/mol. The van der Waals surface area contributed by atoms with Crippen LogP contribution in [-0.2, 0) is 9.47 Å². The van der Waals surface area contributed by atoms with Crippen LogP contribution in [-0.4, -0.2) is 36.0 Å². The molecule has 1 fully saturated rings. The molecule has 0 radical (unpaired) electrons. The topological polar surface area (TPSA) is 76.7 Å². The third-order valence-corrected chi connectivity index (χ3v) is 4.22. The molecule has 0 aromatic carbocycles. The van der Waals surface area contributed by atoms with Crippen LogP contribution in [0.4, 0.5) is 9.59 Å². The maximum Gasteiger partial charge on any atom is 0.407 e. The summed E-state index contributed by atoms with van der Waals surface area (Å²) < 4.78 is 10.7. The van der Waals surface area contributed by atoms with Crippen LogP contribution in [0.15, 0.2) is 0 Å². The van der Waals surface area contributed by atoms with Crippen LogP contribution in [0.3, 0.4) is 0 Å². The van der Waals surface area contributed by atoms with Gasteiger partial charge in [0.2, 0.25) is 0 Å². The van der Waals surface area contributed by atoms with Crippen LogP contribution in [0.1, 0.15) is 81.6 Å². The second kappa shape index (κ2) is 7.65. The lowest BCUT2D eigenvalue weighted by atomic mass is 9.62. The van der Waals surface area contributed by atoms with E-state index in [9.17, 15) is 9.59 Å². The minimum Gasteiger partial charge on any atom is -0.444 e. The van der Waals surface area contributed by atoms with Gasteiger partial charge in [0.15, 0.2) is 0 Å². The standard InChI is InChI=1S/C20H38N2O4/c1-17(2,3)25-15(23)21-13-20(9)11-14(10-19(7,8)12-20)22-16(24)26-18(4,5)6/h14H,10-13H2,1-9H3,(H,21,23)(H,22,24)/t14-,20-/m1/s1. The highest BCUT2D eigenvalue weighted by Gasteiger charge is 2.42. The number of amides is 2. The van der Waals surface area contributed by atoms with Crippen LogP contribution < -0.4 is 10.6 Å². The summed E-state index contributed by atoms with van der Waals surface area (Å²) in [5.74, 6) is 0. The van der Waals surface area contributed by atoms with Crippen LogP contribution in [0, 0.1) is 10.8 Å². The van der Waals surface area contributed by atoms with Crippen molar-refractivity contribution in [3.63, 3.8) is 0 Å². The van der Waals surface area contributed by atoms with Gasteiger partial charge in [0, 0.05) is 12.6 Å². The number of hydrogen-bond donors (Lipinski definition) is 2. The van der Waals surface area contributed by atoms with Crippen molar-refractivity contribution in [3.8, 4) is 0 Å². The first kappa shape index (κ1) is 22.6. The molecule has 0 bridgehead atoms. The van der Waals surface area contributed by atoms with E-state index in [1.54, 1.807) is 0 Å². The molecule has 1 rings (SSSR count). The second-order valence-electron chi connectivity index (χ2n) is 10.8. The Bertz CT molecular complexity index is 517. The first-order valence-electron chi connectivity index (χ1n) is 9.45. The summed E-state index contributed by atoms with van der Waals surface area (Å²) in [6.07, 6.45) is 1.84. The summed E-state index contributed by atoms with van der Waals surface area (Å²) in [6.45, 7) is 18.2. The van der Waals surface area contributed by atoms with Crippen LogP contribution in [0.5, 0.6) is 0 Å². The number of hydrogen-bond acceptors (Lipinski definition) is 4. The predicted octanol–water partition coefficient (Wildman–Crippen LogP) is 4.62. The van der Waals surface area contributed by atoms with Gasteiger partial charge in [-0.3, -0.25) is 0 Å². The summed E-state index contributed by atoms with van der Waals surface area (Å²) in [5, 5.41) is 5.90. The molecule has 0 spiro atoms. The van der Waals surface area contributed by atoms with Crippen molar-refractivity contribution < 1.29 is 19.1 Å². The summed E-state index contributed by atoms with van der Waals surface area (Å²) >= 11 is 0. The zero-order valence-corrected chi connectivity index (χ0v) is 18.0. The molecular formula is C20H38N2O4. The molecule has 1 aliphatic carbocycles. The number of nitrogens with one attached hydrogen (secondary N) is 2. The zero-order valence-electron chi connectivity index (χ0n) is 18.0. The Labute approximate surface area is 158 Å². The molecule has 26 heavy (non-hydrogen) atoms. The number of rotatable bonds is 3. The third-order valence-electron chi connectivity index (χ3n) is 4.22. The van der Waals surface area contributed by atoms with E-state index in [1.165, 1.54) is 0 Å². The minimum atomic E-state index is -0.518. The van der Waals surface area contributed by atoms with Gasteiger partial charge >= 0.3 is 12.2 Å². The highest BCUT2D eigenvalue weighted by Crippen LogP contribution is 2.45. The van der Waals surface area contributed by atoms with E-state index in [2.05, 4.69) is 31.4 Å². The molecule has 0 saturated heterocycles. The maximum absolute atomic E-state index is 12.1. The van der Waals surface area contributed by atoms with Gasteiger partial charge in [-0.2, -0.15) is 0 Å². The van der Waals surface area contributed by atoms with E-state index in [0.29, 0.717) is 6.54 Å². The second-order valence-corrected chi connectivity index (χ2v) is 10.8. The Hall–Kier alpha value is -1.46. The van der Waals surface area contributed by atoms with Gasteiger partial charge in [-0.05, 0) is 71.6 Å². The molecule has 1 aliphatic rings. The number of alkyl carbamates (subject to hydrolysis) is 2. The maximum atomic E-state index is 12.1. The fourth-order valence-electron chi connectivity index (χ4n) is 3.94. The number of carbonyl (C=O) groups is 2. The van der Waals surface area contributed by atoms with Crippen molar-refractivity contribution in [2.24, 2.45) is 10.8 Å². The summed E-state index contributed by atoms with van der Waals surface area (Å²) in [7, 11) is 0. The van der Waals surface area contributed by atoms with Gasteiger partial charge in [0.25, 0.3) is 0 Å². The van der Waals surface area contributed by atoms with Crippen molar-refractivity contribution in [1.29, 1.82) is 0 Å². The Kier molecular flexibility index (Phi) is 6.64. The Morgan fingerprint density at radius 1 is 0.923 bits per heavy atom. The van der Waals surface area contributed by atoms with E-state index in [0.717, 1.165) is 19.3 Å². The fraction of sp³-hybridized carbons (Fsp3) is 0.900. The van der Waals surface area contributed by atoms with Crippen molar-refractivity contribution in [2.75, 3.05) is 6.54 Å². The Morgan fingerprint density at radius 2 is 1.42 bits per heavy atom. The number of carbonyl (C=O) groups excluding carboxylic acids is 2. The summed E-state index contributed by atoms with van der Waals surface area (Å²) in [5.41, 5.74) is -1.10. The van der Waals surface area contributed by atoms with Gasteiger partial charge in [-0.25, -0.2) is 9.59 Å². The van der Waals surface area contributed by atoms with Crippen molar-refractivity contribution in [3.05, 3.63) is 0 Å². The average molecular weight is 371 g/mol. The molecule has 0 aromatic heterocycles. The van der Waals surface area contributed by atoms with Crippen molar-refractivity contribution in [2.45, 2.75) is 98.8 Å². The van der Waals surface area contributed by atoms with Gasteiger partial charge in [0.05, 0.1) is 0 Å². The van der Waals surface area contributed by atoms with E-state index < -0.39 is 17.3 Å². The van der Waals surface area contributed by atoms with E-state index in [1.807, 2.05) is 41.5 Å². The smallest absolute Gasteiger partial charge is 0.407 e. The van der Waals surface area contributed by atoms with Crippen LogP contribution in [0.2, 0.25) is 0 Å². The van der Waals surface area contributed by atoms with E-state index >= 15 is 0 Å². The fourth-order valence-corrected chi connectivity index (χ4v) is 3.94. The molecule has 0 heterocycles. The van der Waals surface area contributed by atoms with Crippen molar-refractivity contribution >= 4 is 12.2 Å². The summed E-state index contributed by atoms with van der Waals surface area (Å²) in [4.78, 5) is 24.1. The lowest BCUT2D eigenvalue weighted by molar-refractivity contribution is 0.0286.